The Morgan fingerprint density at radius 3 is 1.78 bits per heavy atom. The maximum atomic E-state index is 6.33. The molecule has 0 atom stereocenters. The summed E-state index contributed by atoms with van der Waals surface area (Å²) in [6.07, 6.45) is 0. The molecule has 1 aromatic rings. The number of hydrogen-bond donors (Lipinski definition) is 0. The van der Waals surface area contributed by atoms with Gasteiger partial charge in [-0.1, -0.05) is 39.3 Å². The lowest BCUT2D eigenvalue weighted by Gasteiger charge is -2.25. The summed E-state index contributed by atoms with van der Waals surface area (Å²) in [5.41, 5.74) is 2.42. The molecule has 0 aromatic heterocycles. The van der Waals surface area contributed by atoms with Gasteiger partial charge in [0.05, 0.1) is 5.02 Å². The van der Waals surface area contributed by atoms with E-state index in [1.807, 2.05) is 20.8 Å². The van der Waals surface area contributed by atoms with Crippen molar-refractivity contribution >= 4 is 11.6 Å². The molecule has 18 heavy (non-hydrogen) atoms. The fourth-order valence-electron chi connectivity index (χ4n) is 1.99. The van der Waals surface area contributed by atoms with E-state index < -0.39 is 0 Å². The normalized spacial score (nSPS) is 12.3. The Hall–Kier alpha value is -0.690. The summed E-state index contributed by atoms with van der Waals surface area (Å²) in [5, 5.41) is 0.707. The van der Waals surface area contributed by atoms with Crippen LogP contribution in [0.2, 0.25) is 5.02 Å². The first-order valence-corrected chi connectivity index (χ1v) is 7.02. The number of benzene rings is 1. The molecule has 0 bridgehead atoms. The van der Waals surface area contributed by atoms with Gasteiger partial charge in [0.2, 0.25) is 0 Å². The molecular weight excluding hydrogens is 244 g/mol. The van der Waals surface area contributed by atoms with Crippen LogP contribution in [0.4, 0.5) is 0 Å². The van der Waals surface area contributed by atoms with Gasteiger partial charge in [-0.3, -0.25) is 0 Å². The van der Waals surface area contributed by atoms with E-state index in [0.717, 1.165) is 5.75 Å². The molecule has 2 heteroatoms. The van der Waals surface area contributed by atoms with Gasteiger partial charge in [0.25, 0.3) is 0 Å². The molecule has 0 N–H and O–H groups in total. The predicted molar refractivity (Wildman–Crippen MR) is 80.0 cm³/mol. The van der Waals surface area contributed by atoms with E-state index in [1.165, 1.54) is 11.1 Å². The SMILES string of the molecule is CC(C)c1cc(Cl)c(OC(C)(C)C)cc1C(C)C. The van der Waals surface area contributed by atoms with Crippen molar-refractivity contribution in [3.8, 4) is 5.75 Å². The summed E-state index contributed by atoms with van der Waals surface area (Å²) < 4.78 is 5.93. The quantitative estimate of drug-likeness (QED) is 0.677. The average Bonchev–Trinajstić information content (AvgIpc) is 2.17. The van der Waals surface area contributed by atoms with Crippen molar-refractivity contribution < 1.29 is 4.74 Å². The van der Waals surface area contributed by atoms with Crippen molar-refractivity contribution in [3.63, 3.8) is 0 Å². The molecule has 0 aliphatic carbocycles. The first-order valence-electron chi connectivity index (χ1n) is 6.64. The molecule has 1 aromatic carbocycles. The second-order valence-corrected chi connectivity index (χ2v) is 6.84. The highest BCUT2D eigenvalue weighted by Gasteiger charge is 2.18. The van der Waals surface area contributed by atoms with Gasteiger partial charge in [0.1, 0.15) is 11.4 Å². The van der Waals surface area contributed by atoms with Gasteiger partial charge in [0, 0.05) is 0 Å². The average molecular weight is 269 g/mol. The maximum Gasteiger partial charge on any atom is 0.138 e. The van der Waals surface area contributed by atoms with Crippen LogP contribution in [0, 0.1) is 0 Å². The number of halogens is 1. The van der Waals surface area contributed by atoms with E-state index in [-0.39, 0.29) is 5.60 Å². The molecule has 0 fully saturated rings. The van der Waals surface area contributed by atoms with Gasteiger partial charge in [-0.2, -0.15) is 0 Å². The highest BCUT2D eigenvalue weighted by Crippen LogP contribution is 2.36. The fourth-order valence-corrected chi connectivity index (χ4v) is 2.20. The summed E-state index contributed by atoms with van der Waals surface area (Å²) in [7, 11) is 0. The summed E-state index contributed by atoms with van der Waals surface area (Å²) in [4.78, 5) is 0. The molecule has 0 spiro atoms. The zero-order valence-corrected chi connectivity index (χ0v) is 13.4. The molecule has 0 aliphatic rings. The van der Waals surface area contributed by atoms with E-state index in [0.29, 0.717) is 16.9 Å². The van der Waals surface area contributed by atoms with Crippen LogP contribution in [0.1, 0.15) is 71.4 Å². The third kappa shape index (κ3) is 3.91. The second-order valence-electron chi connectivity index (χ2n) is 6.44. The topological polar surface area (TPSA) is 9.23 Å². The van der Waals surface area contributed by atoms with Gasteiger partial charge in [0.15, 0.2) is 0 Å². The molecule has 0 saturated heterocycles. The third-order valence-corrected chi connectivity index (χ3v) is 3.09. The van der Waals surface area contributed by atoms with Gasteiger partial charge < -0.3 is 4.74 Å². The second kappa shape index (κ2) is 5.52. The minimum absolute atomic E-state index is 0.225. The third-order valence-electron chi connectivity index (χ3n) is 2.80. The molecule has 0 unspecified atom stereocenters. The highest BCUT2D eigenvalue weighted by atomic mass is 35.5. The smallest absolute Gasteiger partial charge is 0.138 e. The molecule has 1 nitrogen and oxygen atoms in total. The molecule has 0 amide bonds. The summed E-state index contributed by atoms with van der Waals surface area (Å²) in [6, 6.07) is 4.16. The number of hydrogen-bond acceptors (Lipinski definition) is 1. The minimum Gasteiger partial charge on any atom is -0.487 e. The van der Waals surface area contributed by atoms with Crippen molar-refractivity contribution in [1.29, 1.82) is 0 Å². The predicted octanol–water partition coefficient (Wildman–Crippen LogP) is 5.76. The molecule has 0 aliphatic heterocycles. The zero-order valence-electron chi connectivity index (χ0n) is 12.6. The molecule has 1 rings (SSSR count). The lowest BCUT2D eigenvalue weighted by Crippen LogP contribution is -2.23. The van der Waals surface area contributed by atoms with E-state index in [1.54, 1.807) is 0 Å². The van der Waals surface area contributed by atoms with Crippen molar-refractivity contribution in [3.05, 3.63) is 28.3 Å². The Morgan fingerprint density at radius 2 is 1.39 bits per heavy atom. The van der Waals surface area contributed by atoms with Crippen LogP contribution < -0.4 is 4.74 Å². The van der Waals surface area contributed by atoms with Crippen LogP contribution in [0.5, 0.6) is 5.75 Å². The van der Waals surface area contributed by atoms with Gasteiger partial charge in [-0.15, -0.1) is 0 Å². The largest absolute Gasteiger partial charge is 0.487 e. The minimum atomic E-state index is -0.225. The van der Waals surface area contributed by atoms with Crippen LogP contribution in [0.3, 0.4) is 0 Å². The van der Waals surface area contributed by atoms with Crippen LogP contribution in [-0.2, 0) is 0 Å². The zero-order chi connectivity index (χ0) is 14.1. The van der Waals surface area contributed by atoms with E-state index in [2.05, 4.69) is 39.8 Å². The lowest BCUT2D eigenvalue weighted by atomic mass is 9.90. The Bertz CT molecular complexity index is 414. The summed E-state index contributed by atoms with van der Waals surface area (Å²) >= 11 is 6.33. The Kier molecular flexibility index (Phi) is 4.72. The standard InChI is InChI=1S/C16H25ClO/c1-10(2)12-8-14(17)15(18-16(5,6)7)9-13(12)11(3)4/h8-11H,1-7H3. The van der Waals surface area contributed by atoms with Crippen molar-refractivity contribution in [1.82, 2.24) is 0 Å². The van der Waals surface area contributed by atoms with Crippen LogP contribution in [0.15, 0.2) is 12.1 Å². The van der Waals surface area contributed by atoms with Crippen LogP contribution >= 0.6 is 11.6 Å². The van der Waals surface area contributed by atoms with Crippen molar-refractivity contribution in [2.75, 3.05) is 0 Å². The Labute approximate surface area is 116 Å². The fraction of sp³-hybridized carbons (Fsp3) is 0.625. The lowest BCUT2D eigenvalue weighted by molar-refractivity contribution is 0.131. The first-order chi connectivity index (χ1) is 8.11. The monoisotopic (exact) mass is 268 g/mol. The van der Waals surface area contributed by atoms with Gasteiger partial charge >= 0.3 is 0 Å². The summed E-state index contributed by atoms with van der Waals surface area (Å²) in [6.45, 7) is 14.9. The van der Waals surface area contributed by atoms with E-state index in [4.69, 9.17) is 16.3 Å². The van der Waals surface area contributed by atoms with Crippen LogP contribution in [0.25, 0.3) is 0 Å². The number of rotatable bonds is 3. The van der Waals surface area contributed by atoms with Gasteiger partial charge in [-0.25, -0.2) is 0 Å². The number of ether oxygens (including phenoxy) is 1. The highest BCUT2D eigenvalue weighted by molar-refractivity contribution is 6.32. The van der Waals surface area contributed by atoms with Crippen LogP contribution in [-0.4, -0.2) is 5.60 Å². The Balaban J connectivity index is 3.27. The molecule has 102 valence electrons. The molecule has 0 saturated carbocycles. The maximum absolute atomic E-state index is 6.33. The van der Waals surface area contributed by atoms with Crippen molar-refractivity contribution in [2.24, 2.45) is 0 Å². The van der Waals surface area contributed by atoms with E-state index >= 15 is 0 Å². The molecule has 0 heterocycles. The Morgan fingerprint density at radius 1 is 0.944 bits per heavy atom. The van der Waals surface area contributed by atoms with Crippen molar-refractivity contribution in [2.45, 2.75) is 65.9 Å². The van der Waals surface area contributed by atoms with E-state index in [9.17, 15) is 0 Å². The molecular formula is C16H25ClO. The summed E-state index contributed by atoms with van der Waals surface area (Å²) in [5.74, 6) is 1.74. The molecule has 0 radical (unpaired) electrons. The van der Waals surface area contributed by atoms with Gasteiger partial charge in [-0.05, 0) is 55.9 Å². The first kappa shape index (κ1) is 15.4.